The molecular formula is C18H18BrNO. The quantitative estimate of drug-likeness (QED) is 0.784. The number of nitrogens with zero attached hydrogens (tertiary/aromatic N) is 1. The van der Waals surface area contributed by atoms with Crippen molar-refractivity contribution >= 4 is 27.5 Å². The van der Waals surface area contributed by atoms with Crippen LogP contribution < -0.4 is 4.90 Å². The normalized spacial score (nSPS) is 17.4. The molecule has 1 atom stereocenters. The van der Waals surface area contributed by atoms with Crippen LogP contribution in [0.4, 0.5) is 5.69 Å². The summed E-state index contributed by atoms with van der Waals surface area (Å²) in [6.07, 6.45) is 1.48. The standard InChI is InChI=1S/C18H18BrNO/c1-13-9-10-20(17-8-3-2-7-16(13)17)18(21)12-14-5-4-6-15(19)11-14/h2-8,11,13H,9-10,12H2,1H3. The molecule has 0 saturated carbocycles. The molecule has 2 aromatic rings. The number of hydrogen-bond acceptors (Lipinski definition) is 1. The Bertz CT molecular complexity index is 668. The number of amides is 1. The predicted octanol–water partition coefficient (Wildman–Crippen LogP) is 4.53. The summed E-state index contributed by atoms with van der Waals surface area (Å²) >= 11 is 3.46. The Morgan fingerprint density at radius 2 is 2.05 bits per heavy atom. The Labute approximate surface area is 133 Å². The Morgan fingerprint density at radius 3 is 2.86 bits per heavy atom. The molecule has 2 nitrogen and oxygen atoms in total. The van der Waals surface area contributed by atoms with Crippen molar-refractivity contribution in [3.05, 3.63) is 64.1 Å². The Morgan fingerprint density at radius 1 is 1.24 bits per heavy atom. The molecule has 3 rings (SSSR count). The number of carbonyl (C=O) groups is 1. The number of hydrogen-bond donors (Lipinski definition) is 0. The molecule has 0 saturated heterocycles. The van der Waals surface area contributed by atoms with E-state index in [4.69, 9.17) is 0 Å². The summed E-state index contributed by atoms with van der Waals surface area (Å²) in [5.41, 5.74) is 3.41. The van der Waals surface area contributed by atoms with Crippen LogP contribution in [0.25, 0.3) is 0 Å². The molecule has 0 aromatic heterocycles. The SMILES string of the molecule is CC1CCN(C(=O)Cc2cccc(Br)c2)c2ccccc21. The topological polar surface area (TPSA) is 20.3 Å². The van der Waals surface area contributed by atoms with E-state index in [0.29, 0.717) is 12.3 Å². The van der Waals surface area contributed by atoms with Crippen LogP contribution in [-0.4, -0.2) is 12.5 Å². The summed E-state index contributed by atoms with van der Waals surface area (Å²) in [5, 5.41) is 0. The molecule has 0 N–H and O–H groups in total. The number of carbonyl (C=O) groups excluding carboxylic acids is 1. The van der Waals surface area contributed by atoms with Crippen LogP contribution in [0.15, 0.2) is 53.0 Å². The summed E-state index contributed by atoms with van der Waals surface area (Å²) in [6.45, 7) is 3.04. The number of halogens is 1. The van der Waals surface area contributed by atoms with Crippen LogP contribution in [0.1, 0.15) is 30.4 Å². The van der Waals surface area contributed by atoms with Crippen molar-refractivity contribution < 1.29 is 4.79 Å². The molecule has 1 amide bonds. The van der Waals surface area contributed by atoms with E-state index in [0.717, 1.165) is 28.7 Å². The molecule has 108 valence electrons. The molecule has 2 aromatic carbocycles. The van der Waals surface area contributed by atoms with Crippen molar-refractivity contribution in [1.29, 1.82) is 0 Å². The van der Waals surface area contributed by atoms with E-state index < -0.39 is 0 Å². The van der Waals surface area contributed by atoms with Gasteiger partial charge in [-0.15, -0.1) is 0 Å². The minimum Gasteiger partial charge on any atom is -0.312 e. The van der Waals surface area contributed by atoms with E-state index >= 15 is 0 Å². The first-order valence-corrected chi connectivity index (χ1v) is 8.08. The fourth-order valence-electron chi connectivity index (χ4n) is 2.92. The van der Waals surface area contributed by atoms with Crippen LogP contribution in [0.2, 0.25) is 0 Å². The highest BCUT2D eigenvalue weighted by atomic mass is 79.9. The van der Waals surface area contributed by atoms with E-state index in [1.807, 2.05) is 35.2 Å². The summed E-state index contributed by atoms with van der Waals surface area (Å²) in [4.78, 5) is 14.6. The molecule has 0 fully saturated rings. The molecule has 0 bridgehead atoms. The van der Waals surface area contributed by atoms with Crippen LogP contribution >= 0.6 is 15.9 Å². The van der Waals surface area contributed by atoms with Crippen molar-refractivity contribution in [2.45, 2.75) is 25.7 Å². The van der Waals surface area contributed by atoms with E-state index in [9.17, 15) is 4.79 Å². The second kappa shape index (κ2) is 6.02. The third kappa shape index (κ3) is 3.03. The first kappa shape index (κ1) is 14.3. The van der Waals surface area contributed by atoms with Gasteiger partial charge in [-0.2, -0.15) is 0 Å². The van der Waals surface area contributed by atoms with Gasteiger partial charge >= 0.3 is 0 Å². The van der Waals surface area contributed by atoms with Gasteiger partial charge in [-0.3, -0.25) is 4.79 Å². The highest BCUT2D eigenvalue weighted by molar-refractivity contribution is 9.10. The van der Waals surface area contributed by atoms with Gasteiger partial charge in [0.1, 0.15) is 0 Å². The van der Waals surface area contributed by atoms with E-state index in [1.165, 1.54) is 5.56 Å². The summed E-state index contributed by atoms with van der Waals surface area (Å²) in [6, 6.07) is 16.2. The van der Waals surface area contributed by atoms with Crippen molar-refractivity contribution in [2.75, 3.05) is 11.4 Å². The lowest BCUT2D eigenvalue weighted by atomic mass is 9.91. The van der Waals surface area contributed by atoms with Crippen molar-refractivity contribution in [1.82, 2.24) is 0 Å². The maximum atomic E-state index is 12.7. The van der Waals surface area contributed by atoms with Gasteiger partial charge in [0.15, 0.2) is 0 Å². The van der Waals surface area contributed by atoms with Gasteiger partial charge in [0, 0.05) is 16.7 Å². The zero-order chi connectivity index (χ0) is 14.8. The van der Waals surface area contributed by atoms with Crippen LogP contribution in [0.3, 0.4) is 0 Å². The average molecular weight is 344 g/mol. The van der Waals surface area contributed by atoms with E-state index in [-0.39, 0.29) is 5.91 Å². The van der Waals surface area contributed by atoms with Crippen molar-refractivity contribution in [3.8, 4) is 0 Å². The van der Waals surface area contributed by atoms with E-state index in [1.54, 1.807) is 0 Å². The first-order chi connectivity index (χ1) is 10.1. The van der Waals surface area contributed by atoms with Gasteiger partial charge in [-0.1, -0.05) is 53.2 Å². The van der Waals surface area contributed by atoms with Gasteiger partial charge in [0.2, 0.25) is 5.91 Å². The van der Waals surface area contributed by atoms with Gasteiger partial charge in [-0.25, -0.2) is 0 Å². The Hall–Kier alpha value is -1.61. The number of para-hydroxylation sites is 1. The van der Waals surface area contributed by atoms with Crippen molar-refractivity contribution in [3.63, 3.8) is 0 Å². The lowest BCUT2D eigenvalue weighted by Crippen LogP contribution is -2.37. The molecule has 0 aliphatic carbocycles. The molecule has 1 unspecified atom stereocenters. The number of anilines is 1. The van der Waals surface area contributed by atoms with Gasteiger partial charge < -0.3 is 4.90 Å². The molecule has 3 heteroatoms. The maximum Gasteiger partial charge on any atom is 0.231 e. The summed E-state index contributed by atoms with van der Waals surface area (Å²) < 4.78 is 1.01. The monoisotopic (exact) mass is 343 g/mol. The highest BCUT2D eigenvalue weighted by Crippen LogP contribution is 2.35. The van der Waals surface area contributed by atoms with Gasteiger partial charge in [0.25, 0.3) is 0 Å². The number of benzene rings is 2. The smallest absolute Gasteiger partial charge is 0.231 e. The molecule has 21 heavy (non-hydrogen) atoms. The minimum absolute atomic E-state index is 0.174. The Balaban J connectivity index is 1.84. The first-order valence-electron chi connectivity index (χ1n) is 7.29. The Kier molecular flexibility index (Phi) is 4.11. The molecule has 0 radical (unpaired) electrons. The molecule has 1 heterocycles. The predicted molar refractivity (Wildman–Crippen MR) is 89.7 cm³/mol. The highest BCUT2D eigenvalue weighted by Gasteiger charge is 2.25. The lowest BCUT2D eigenvalue weighted by molar-refractivity contribution is -0.118. The molecule has 1 aliphatic rings. The zero-order valence-corrected chi connectivity index (χ0v) is 13.6. The lowest BCUT2D eigenvalue weighted by Gasteiger charge is -2.33. The fraction of sp³-hybridized carbons (Fsp3) is 0.278. The van der Waals surface area contributed by atoms with Gasteiger partial charge in [0.05, 0.1) is 6.42 Å². The number of rotatable bonds is 2. The maximum absolute atomic E-state index is 12.7. The summed E-state index contributed by atoms with van der Waals surface area (Å²) in [5.74, 6) is 0.698. The third-order valence-corrected chi connectivity index (χ3v) is 4.58. The average Bonchev–Trinajstić information content (AvgIpc) is 2.48. The van der Waals surface area contributed by atoms with Crippen LogP contribution in [0, 0.1) is 0 Å². The van der Waals surface area contributed by atoms with Crippen molar-refractivity contribution in [2.24, 2.45) is 0 Å². The second-order valence-corrected chi connectivity index (χ2v) is 6.52. The van der Waals surface area contributed by atoms with Crippen LogP contribution in [0.5, 0.6) is 0 Å². The largest absolute Gasteiger partial charge is 0.312 e. The zero-order valence-electron chi connectivity index (χ0n) is 12.1. The minimum atomic E-state index is 0.174. The fourth-order valence-corrected chi connectivity index (χ4v) is 3.37. The molecule has 0 spiro atoms. The number of fused-ring (bicyclic) bond motifs is 1. The third-order valence-electron chi connectivity index (χ3n) is 4.09. The van der Waals surface area contributed by atoms with Gasteiger partial charge in [-0.05, 0) is 41.7 Å². The van der Waals surface area contributed by atoms with E-state index in [2.05, 4.69) is 41.1 Å². The molecular weight excluding hydrogens is 326 g/mol. The second-order valence-electron chi connectivity index (χ2n) is 5.60. The van der Waals surface area contributed by atoms with Crippen LogP contribution in [-0.2, 0) is 11.2 Å². The summed E-state index contributed by atoms with van der Waals surface area (Å²) in [7, 11) is 0. The molecule has 1 aliphatic heterocycles.